The van der Waals surface area contributed by atoms with Crippen LogP contribution in [0, 0.1) is 0 Å². The van der Waals surface area contributed by atoms with Gasteiger partial charge in [0.15, 0.2) is 0 Å². The second kappa shape index (κ2) is 8.12. The molecule has 1 unspecified atom stereocenters. The molecule has 1 heterocycles. The van der Waals surface area contributed by atoms with Crippen molar-refractivity contribution < 1.29 is 9.59 Å². The summed E-state index contributed by atoms with van der Waals surface area (Å²) in [5.41, 5.74) is 0. The van der Waals surface area contributed by atoms with E-state index >= 15 is 0 Å². The monoisotopic (exact) mass is 270 g/mol. The second-order valence-electron chi connectivity index (χ2n) is 5.11. The molecule has 0 saturated carbocycles. The fourth-order valence-electron chi connectivity index (χ4n) is 2.15. The van der Waals surface area contributed by atoms with E-state index in [2.05, 4.69) is 15.5 Å². The molecule has 2 N–H and O–H groups in total. The van der Waals surface area contributed by atoms with Crippen LogP contribution in [0.15, 0.2) is 0 Å². The molecule has 1 aliphatic heterocycles. The van der Waals surface area contributed by atoms with Crippen LogP contribution in [0.3, 0.4) is 0 Å². The minimum absolute atomic E-state index is 0.00315. The van der Waals surface area contributed by atoms with Gasteiger partial charge < -0.3 is 15.5 Å². The lowest BCUT2D eigenvalue weighted by atomic mass is 10.3. The smallest absolute Gasteiger partial charge is 0.239 e. The van der Waals surface area contributed by atoms with Crippen LogP contribution in [0.1, 0.15) is 19.8 Å². The highest BCUT2D eigenvalue weighted by atomic mass is 16.2. The van der Waals surface area contributed by atoms with Gasteiger partial charge in [-0.1, -0.05) is 6.92 Å². The number of amides is 2. The van der Waals surface area contributed by atoms with Crippen LogP contribution in [-0.2, 0) is 9.59 Å². The highest BCUT2D eigenvalue weighted by Crippen LogP contribution is 2.08. The number of likely N-dealkylation sites (tertiary alicyclic amines) is 1. The van der Waals surface area contributed by atoms with Crippen LogP contribution >= 0.6 is 0 Å². The van der Waals surface area contributed by atoms with Crippen molar-refractivity contribution in [2.24, 2.45) is 0 Å². The Morgan fingerprint density at radius 1 is 1.42 bits per heavy atom. The third-order valence-corrected chi connectivity index (χ3v) is 3.42. The zero-order valence-corrected chi connectivity index (χ0v) is 12.2. The molecule has 0 aromatic rings. The Hall–Kier alpha value is -1.14. The summed E-state index contributed by atoms with van der Waals surface area (Å²) in [5, 5.41) is 5.99. The number of hydrogen-bond acceptors (Lipinski definition) is 4. The molecule has 0 aromatic heterocycles. The first-order chi connectivity index (χ1) is 9.06. The Labute approximate surface area is 115 Å². The molecule has 0 radical (unpaired) electrons. The van der Waals surface area contributed by atoms with Gasteiger partial charge in [0.2, 0.25) is 11.8 Å². The van der Waals surface area contributed by atoms with Crippen LogP contribution in [-0.4, -0.2) is 74.5 Å². The number of hydrogen-bond donors (Lipinski definition) is 2. The van der Waals surface area contributed by atoms with Crippen LogP contribution in [0.2, 0.25) is 0 Å². The summed E-state index contributed by atoms with van der Waals surface area (Å²) < 4.78 is 0. The number of nitrogens with one attached hydrogen (secondary N) is 2. The van der Waals surface area contributed by atoms with Crippen molar-refractivity contribution in [3.8, 4) is 0 Å². The van der Waals surface area contributed by atoms with E-state index in [-0.39, 0.29) is 18.4 Å². The number of rotatable bonds is 7. The van der Waals surface area contributed by atoms with Crippen LogP contribution in [0.5, 0.6) is 0 Å². The number of carbonyl (C=O) groups excluding carboxylic acids is 2. The van der Waals surface area contributed by atoms with Crippen molar-refractivity contribution in [2.75, 3.05) is 46.8 Å². The first kappa shape index (κ1) is 15.9. The fourth-order valence-corrected chi connectivity index (χ4v) is 2.15. The van der Waals surface area contributed by atoms with E-state index < -0.39 is 0 Å². The average molecular weight is 270 g/mol. The van der Waals surface area contributed by atoms with Gasteiger partial charge in [-0.3, -0.25) is 14.5 Å². The van der Waals surface area contributed by atoms with Crippen molar-refractivity contribution in [1.82, 2.24) is 20.4 Å². The van der Waals surface area contributed by atoms with Crippen molar-refractivity contribution in [1.29, 1.82) is 0 Å². The molecule has 1 fully saturated rings. The number of nitrogens with zero attached hydrogens (tertiary/aromatic N) is 2. The van der Waals surface area contributed by atoms with E-state index in [1.807, 2.05) is 14.0 Å². The molecule has 0 bridgehead atoms. The van der Waals surface area contributed by atoms with Crippen molar-refractivity contribution >= 4 is 11.8 Å². The van der Waals surface area contributed by atoms with Crippen LogP contribution < -0.4 is 10.6 Å². The molecule has 0 aliphatic carbocycles. The molecule has 0 aromatic carbocycles. The highest BCUT2D eigenvalue weighted by molar-refractivity contribution is 5.85. The standard InChI is InChI=1S/C13H26N4O2/c1-4-6-15-12(18)9-16(3)13(19)10-17-7-5-11(8-17)14-2/h11,14H,4-10H2,1-3H3,(H,15,18). The van der Waals surface area contributed by atoms with Crippen molar-refractivity contribution in [3.63, 3.8) is 0 Å². The molecule has 6 nitrogen and oxygen atoms in total. The van der Waals surface area contributed by atoms with Gasteiger partial charge in [0, 0.05) is 32.7 Å². The largest absolute Gasteiger partial charge is 0.355 e. The van der Waals surface area contributed by atoms with Gasteiger partial charge in [-0.25, -0.2) is 0 Å². The predicted molar refractivity (Wildman–Crippen MR) is 74.8 cm³/mol. The Balaban J connectivity index is 2.27. The molecule has 19 heavy (non-hydrogen) atoms. The Morgan fingerprint density at radius 2 is 2.16 bits per heavy atom. The lowest BCUT2D eigenvalue weighted by molar-refractivity contribution is -0.135. The molecule has 1 aliphatic rings. The third kappa shape index (κ3) is 5.57. The summed E-state index contributed by atoms with van der Waals surface area (Å²) in [7, 11) is 3.62. The Morgan fingerprint density at radius 3 is 2.74 bits per heavy atom. The molecule has 0 spiro atoms. The highest BCUT2D eigenvalue weighted by Gasteiger charge is 2.24. The topological polar surface area (TPSA) is 64.7 Å². The normalized spacial score (nSPS) is 19.4. The minimum atomic E-state index is -0.0905. The maximum Gasteiger partial charge on any atom is 0.239 e. The van der Waals surface area contributed by atoms with Gasteiger partial charge >= 0.3 is 0 Å². The third-order valence-electron chi connectivity index (χ3n) is 3.42. The summed E-state index contributed by atoms with van der Waals surface area (Å²) in [6.45, 7) is 5.04. The zero-order chi connectivity index (χ0) is 14.3. The van der Waals surface area contributed by atoms with E-state index in [9.17, 15) is 9.59 Å². The molecular formula is C13H26N4O2. The number of likely N-dealkylation sites (N-methyl/N-ethyl adjacent to an activating group) is 2. The van der Waals surface area contributed by atoms with Crippen molar-refractivity contribution in [2.45, 2.75) is 25.8 Å². The SMILES string of the molecule is CCCNC(=O)CN(C)C(=O)CN1CCC(NC)C1. The molecule has 110 valence electrons. The number of carbonyl (C=O) groups is 2. The molecule has 1 saturated heterocycles. The van der Waals surface area contributed by atoms with E-state index in [0.717, 1.165) is 25.9 Å². The van der Waals surface area contributed by atoms with Crippen LogP contribution in [0.4, 0.5) is 0 Å². The average Bonchev–Trinajstić information content (AvgIpc) is 2.83. The molecule has 1 atom stereocenters. The van der Waals surface area contributed by atoms with E-state index in [1.54, 1.807) is 7.05 Å². The van der Waals surface area contributed by atoms with Gasteiger partial charge in [0.05, 0.1) is 13.1 Å². The van der Waals surface area contributed by atoms with Crippen molar-refractivity contribution in [3.05, 3.63) is 0 Å². The minimum Gasteiger partial charge on any atom is -0.355 e. The molecule has 1 rings (SSSR count). The lowest BCUT2D eigenvalue weighted by Crippen LogP contribution is -2.43. The Kier molecular flexibility index (Phi) is 6.80. The summed E-state index contributed by atoms with van der Waals surface area (Å²) in [6.07, 6.45) is 1.98. The van der Waals surface area contributed by atoms with Crippen LogP contribution in [0.25, 0.3) is 0 Å². The van der Waals surface area contributed by atoms with Gasteiger partial charge in [0.25, 0.3) is 0 Å². The fraction of sp³-hybridized carbons (Fsp3) is 0.846. The van der Waals surface area contributed by atoms with Gasteiger partial charge in [0.1, 0.15) is 0 Å². The van der Waals surface area contributed by atoms with Gasteiger partial charge in [-0.05, 0) is 19.9 Å². The maximum atomic E-state index is 12.0. The van der Waals surface area contributed by atoms with E-state index in [4.69, 9.17) is 0 Å². The van der Waals surface area contributed by atoms with Gasteiger partial charge in [-0.15, -0.1) is 0 Å². The predicted octanol–water partition coefficient (Wildman–Crippen LogP) is -0.735. The van der Waals surface area contributed by atoms with E-state index in [0.29, 0.717) is 19.1 Å². The summed E-state index contributed by atoms with van der Waals surface area (Å²) in [4.78, 5) is 27.1. The Bertz CT molecular complexity index is 309. The first-order valence-electron chi connectivity index (χ1n) is 6.97. The van der Waals surface area contributed by atoms with E-state index in [1.165, 1.54) is 4.90 Å². The molecule has 6 heteroatoms. The maximum absolute atomic E-state index is 12.0. The molecule has 2 amide bonds. The summed E-state index contributed by atoms with van der Waals surface area (Å²) in [6, 6.07) is 0.478. The summed E-state index contributed by atoms with van der Waals surface area (Å²) >= 11 is 0. The van der Waals surface area contributed by atoms with Gasteiger partial charge in [-0.2, -0.15) is 0 Å². The summed E-state index contributed by atoms with van der Waals surface area (Å²) in [5.74, 6) is -0.0874. The lowest BCUT2D eigenvalue weighted by Gasteiger charge is -2.21. The molecular weight excluding hydrogens is 244 g/mol. The quantitative estimate of drug-likeness (QED) is 0.640. The second-order valence-corrected chi connectivity index (χ2v) is 5.11. The first-order valence-corrected chi connectivity index (χ1v) is 6.97. The zero-order valence-electron chi connectivity index (χ0n) is 12.2.